The lowest BCUT2D eigenvalue weighted by Gasteiger charge is -2.40. The highest BCUT2D eigenvalue weighted by Crippen LogP contribution is 2.55. The minimum atomic E-state index is -3.23. The van der Waals surface area contributed by atoms with Crippen molar-refractivity contribution >= 4 is 19.2 Å². The van der Waals surface area contributed by atoms with Crippen LogP contribution in [0.4, 0.5) is 5.69 Å². The minimum absolute atomic E-state index is 0.0146. The molecule has 0 saturated heterocycles. The summed E-state index contributed by atoms with van der Waals surface area (Å²) in [4.78, 5) is 14.0. The summed E-state index contributed by atoms with van der Waals surface area (Å²) >= 11 is 0. The molecule has 0 fully saturated rings. The molecule has 0 aliphatic carbocycles. The van der Waals surface area contributed by atoms with Gasteiger partial charge < -0.3 is 13.9 Å². The fourth-order valence-electron chi connectivity index (χ4n) is 3.05. The molecule has 0 aromatic heterocycles. The Morgan fingerprint density at radius 3 is 2.41 bits per heavy atom. The summed E-state index contributed by atoms with van der Waals surface area (Å²) in [7, 11) is -1.46. The molecule has 6 heteroatoms. The molecule has 0 bridgehead atoms. The number of benzene rings is 1. The van der Waals surface area contributed by atoms with Gasteiger partial charge in [-0.25, -0.2) is 0 Å². The standard InChI is InChI=1S/C16H24NO4P/c1-5-20-22(19,21-6-2)12-16(3)11-15(18)17(4)14-10-8-7-9-13(14)16/h7-10H,5-6,11-12H2,1-4H3. The van der Waals surface area contributed by atoms with Crippen LogP contribution < -0.4 is 4.90 Å². The Morgan fingerprint density at radius 2 is 1.82 bits per heavy atom. The van der Waals surface area contributed by atoms with E-state index in [2.05, 4.69) is 0 Å². The van der Waals surface area contributed by atoms with Crippen LogP contribution in [0.5, 0.6) is 0 Å². The maximum Gasteiger partial charge on any atom is 0.331 e. The largest absolute Gasteiger partial charge is 0.331 e. The van der Waals surface area contributed by atoms with Gasteiger partial charge in [-0.2, -0.15) is 0 Å². The Bertz CT molecular complexity index is 594. The molecule has 0 spiro atoms. The maximum absolute atomic E-state index is 12.9. The summed E-state index contributed by atoms with van der Waals surface area (Å²) < 4.78 is 23.8. The molecule has 1 heterocycles. The van der Waals surface area contributed by atoms with Gasteiger partial charge >= 0.3 is 7.60 Å². The van der Waals surface area contributed by atoms with Crippen molar-refractivity contribution in [1.29, 1.82) is 0 Å². The summed E-state index contributed by atoms with van der Waals surface area (Å²) in [6.07, 6.45) is 0.503. The van der Waals surface area contributed by atoms with Gasteiger partial charge in [-0.3, -0.25) is 9.36 Å². The molecule has 2 rings (SSSR count). The molecule has 0 N–H and O–H groups in total. The number of carbonyl (C=O) groups is 1. The fraction of sp³-hybridized carbons (Fsp3) is 0.562. The average molecular weight is 325 g/mol. The quantitative estimate of drug-likeness (QED) is 0.750. The molecular formula is C16H24NO4P. The Hall–Kier alpha value is -1.16. The zero-order valence-corrected chi connectivity index (χ0v) is 14.6. The van der Waals surface area contributed by atoms with Crippen LogP contribution in [-0.4, -0.2) is 32.3 Å². The number of para-hydroxylation sites is 1. The van der Waals surface area contributed by atoms with Crippen molar-refractivity contribution in [3.8, 4) is 0 Å². The first-order valence-electron chi connectivity index (χ1n) is 7.59. The van der Waals surface area contributed by atoms with E-state index in [4.69, 9.17) is 9.05 Å². The molecule has 1 aliphatic rings. The van der Waals surface area contributed by atoms with Gasteiger partial charge in [0.15, 0.2) is 0 Å². The Labute approximate surface area is 132 Å². The Balaban J connectivity index is 2.42. The van der Waals surface area contributed by atoms with Crippen LogP contribution in [0.25, 0.3) is 0 Å². The molecule has 1 atom stereocenters. The topological polar surface area (TPSA) is 55.8 Å². The second-order valence-corrected chi connectivity index (χ2v) is 7.87. The van der Waals surface area contributed by atoms with Crippen LogP contribution in [0.1, 0.15) is 32.8 Å². The number of fused-ring (bicyclic) bond motifs is 1. The van der Waals surface area contributed by atoms with Gasteiger partial charge in [0.25, 0.3) is 0 Å². The van der Waals surface area contributed by atoms with Crippen molar-refractivity contribution < 1.29 is 18.4 Å². The molecule has 0 radical (unpaired) electrons. The fourth-order valence-corrected chi connectivity index (χ4v) is 5.23. The average Bonchev–Trinajstić information content (AvgIpc) is 2.45. The number of anilines is 1. The third-order valence-corrected chi connectivity index (χ3v) is 6.41. The summed E-state index contributed by atoms with van der Waals surface area (Å²) in [6.45, 7) is 6.19. The molecule has 5 nitrogen and oxygen atoms in total. The van der Waals surface area contributed by atoms with Crippen LogP contribution in [-0.2, 0) is 23.8 Å². The van der Waals surface area contributed by atoms with E-state index in [1.165, 1.54) is 0 Å². The normalized spacial score (nSPS) is 21.8. The van der Waals surface area contributed by atoms with Crippen LogP contribution in [0.2, 0.25) is 0 Å². The summed E-state index contributed by atoms with van der Waals surface area (Å²) in [6, 6.07) is 7.74. The lowest BCUT2D eigenvalue weighted by Crippen LogP contribution is -2.43. The molecule has 1 amide bonds. The van der Waals surface area contributed by atoms with Crippen LogP contribution in [0.15, 0.2) is 24.3 Å². The van der Waals surface area contributed by atoms with Gasteiger partial charge in [0.05, 0.1) is 19.4 Å². The van der Waals surface area contributed by atoms with E-state index in [9.17, 15) is 9.36 Å². The molecule has 1 aromatic rings. The lowest BCUT2D eigenvalue weighted by atomic mass is 9.77. The van der Waals surface area contributed by atoms with Crippen LogP contribution in [0.3, 0.4) is 0 Å². The van der Waals surface area contributed by atoms with Crippen molar-refractivity contribution in [2.45, 2.75) is 32.6 Å². The van der Waals surface area contributed by atoms with Crippen molar-refractivity contribution in [3.63, 3.8) is 0 Å². The first-order chi connectivity index (χ1) is 10.4. The van der Waals surface area contributed by atoms with Gasteiger partial charge in [0.2, 0.25) is 5.91 Å². The van der Waals surface area contributed by atoms with Gasteiger partial charge in [0, 0.05) is 24.6 Å². The SMILES string of the molecule is CCOP(=O)(CC1(C)CC(=O)N(C)c2ccccc21)OCC. The number of hydrogen-bond donors (Lipinski definition) is 0. The zero-order valence-electron chi connectivity index (χ0n) is 13.7. The minimum Gasteiger partial charge on any atom is -0.315 e. The first-order valence-corrected chi connectivity index (χ1v) is 9.32. The summed E-state index contributed by atoms with van der Waals surface area (Å²) in [5, 5.41) is 0. The Kier molecular flexibility index (Phi) is 5.10. The summed E-state index contributed by atoms with van der Waals surface area (Å²) in [5.74, 6) is 0.0146. The van der Waals surface area contributed by atoms with E-state index in [1.807, 2.05) is 31.2 Å². The third-order valence-electron chi connectivity index (χ3n) is 4.03. The van der Waals surface area contributed by atoms with E-state index in [0.717, 1.165) is 11.3 Å². The monoisotopic (exact) mass is 325 g/mol. The smallest absolute Gasteiger partial charge is 0.315 e. The highest BCUT2D eigenvalue weighted by molar-refractivity contribution is 7.53. The van der Waals surface area contributed by atoms with Gasteiger partial charge in [-0.05, 0) is 25.5 Å². The predicted octanol–water partition coefficient (Wildman–Crippen LogP) is 3.58. The van der Waals surface area contributed by atoms with Crippen LogP contribution >= 0.6 is 7.60 Å². The van der Waals surface area contributed by atoms with Crippen LogP contribution in [0, 0.1) is 0 Å². The second kappa shape index (κ2) is 6.53. The molecule has 0 saturated carbocycles. The van der Waals surface area contributed by atoms with E-state index in [1.54, 1.807) is 25.8 Å². The third kappa shape index (κ3) is 3.27. The number of nitrogens with zero attached hydrogens (tertiary/aromatic N) is 1. The number of hydrogen-bond acceptors (Lipinski definition) is 4. The number of carbonyl (C=O) groups excluding carboxylic acids is 1. The second-order valence-electron chi connectivity index (χ2n) is 5.81. The maximum atomic E-state index is 12.9. The van der Waals surface area contributed by atoms with Gasteiger partial charge in [0.1, 0.15) is 0 Å². The van der Waals surface area contributed by atoms with Gasteiger partial charge in [-0.15, -0.1) is 0 Å². The zero-order chi connectivity index (χ0) is 16.4. The van der Waals surface area contributed by atoms with Gasteiger partial charge in [-0.1, -0.05) is 25.1 Å². The van der Waals surface area contributed by atoms with Crippen molar-refractivity contribution in [3.05, 3.63) is 29.8 Å². The first kappa shape index (κ1) is 17.2. The van der Waals surface area contributed by atoms with E-state index >= 15 is 0 Å². The highest BCUT2D eigenvalue weighted by Gasteiger charge is 2.44. The molecule has 22 heavy (non-hydrogen) atoms. The molecular weight excluding hydrogens is 301 g/mol. The summed E-state index contributed by atoms with van der Waals surface area (Å²) in [5.41, 5.74) is 1.32. The van der Waals surface area contributed by atoms with E-state index < -0.39 is 13.0 Å². The molecule has 1 unspecified atom stereocenters. The predicted molar refractivity (Wildman–Crippen MR) is 87.5 cm³/mol. The van der Waals surface area contributed by atoms with Crippen molar-refractivity contribution in [2.75, 3.05) is 31.3 Å². The molecule has 122 valence electrons. The lowest BCUT2D eigenvalue weighted by molar-refractivity contribution is -0.119. The van der Waals surface area contributed by atoms with Crippen molar-refractivity contribution in [1.82, 2.24) is 0 Å². The Morgan fingerprint density at radius 1 is 1.23 bits per heavy atom. The number of amides is 1. The highest BCUT2D eigenvalue weighted by atomic mass is 31.2. The van der Waals surface area contributed by atoms with Crippen molar-refractivity contribution in [2.24, 2.45) is 0 Å². The molecule has 1 aliphatic heterocycles. The van der Waals surface area contributed by atoms with E-state index in [0.29, 0.717) is 19.6 Å². The molecule has 1 aromatic carbocycles. The number of rotatable bonds is 6. The van der Waals surface area contributed by atoms with E-state index in [-0.39, 0.29) is 12.1 Å².